The molecule has 0 aromatic heterocycles. The first-order valence-electron chi connectivity index (χ1n) is 20.2. The molecule has 1 aliphatic rings. The van der Waals surface area contributed by atoms with Crippen LogP contribution in [-0.2, 0) is 0 Å². The molecule has 0 heterocycles. The monoisotopic (exact) mass is 659 g/mol. The quantitative estimate of drug-likeness (QED) is 0.129. The molecule has 0 aromatic rings. The van der Waals surface area contributed by atoms with E-state index in [2.05, 4.69) is 0 Å². The Balaban J connectivity index is 2.37. The molecular formula is C39H78O7. The molecule has 1 saturated carbocycles. The second-order valence-corrected chi connectivity index (χ2v) is 14.9. The maximum atomic E-state index is 10.4. The van der Waals surface area contributed by atoms with E-state index < -0.39 is 29.9 Å². The van der Waals surface area contributed by atoms with Crippen LogP contribution >= 0.6 is 0 Å². The van der Waals surface area contributed by atoms with Gasteiger partial charge in [0.15, 0.2) is 0 Å². The van der Waals surface area contributed by atoms with Gasteiger partial charge in [0.25, 0.3) is 11.6 Å². The Morgan fingerprint density at radius 1 is 0.283 bits per heavy atom. The number of hydrogen-bond donors (Lipinski definition) is 7. The van der Waals surface area contributed by atoms with Gasteiger partial charge in [-0.3, -0.25) is 0 Å². The molecule has 1 fully saturated rings. The van der Waals surface area contributed by atoms with E-state index in [1.54, 1.807) is 0 Å². The van der Waals surface area contributed by atoms with Crippen LogP contribution < -0.4 is 0 Å². The van der Waals surface area contributed by atoms with Crippen molar-refractivity contribution >= 4 is 0 Å². The Bertz CT molecular complexity index is 667. The third kappa shape index (κ3) is 20.3. The van der Waals surface area contributed by atoms with Crippen LogP contribution in [0.2, 0.25) is 0 Å². The van der Waals surface area contributed by atoms with Gasteiger partial charge < -0.3 is 35.7 Å². The molecule has 0 aromatic carbocycles. The fraction of sp³-hybridized carbons (Fsp3) is 1.00. The Hall–Kier alpha value is -0.280. The van der Waals surface area contributed by atoms with Crippen molar-refractivity contribution in [1.82, 2.24) is 0 Å². The van der Waals surface area contributed by atoms with E-state index in [0.717, 1.165) is 38.5 Å². The molecule has 7 N–H and O–H groups in total. The van der Waals surface area contributed by atoms with E-state index in [1.807, 2.05) is 0 Å². The fourth-order valence-electron chi connectivity index (χ4n) is 7.09. The molecular weight excluding hydrogens is 580 g/mol. The van der Waals surface area contributed by atoms with E-state index >= 15 is 0 Å². The minimum absolute atomic E-state index is 0.0774. The first-order valence-corrected chi connectivity index (χ1v) is 20.2. The zero-order valence-electron chi connectivity index (χ0n) is 30.0. The first-order chi connectivity index (χ1) is 22.1. The van der Waals surface area contributed by atoms with Crippen molar-refractivity contribution in [3.63, 3.8) is 0 Å². The van der Waals surface area contributed by atoms with Gasteiger partial charge in [0.05, 0.1) is 0 Å². The molecule has 46 heavy (non-hydrogen) atoms. The smallest absolute Gasteiger partial charge is 0.276 e. The van der Waals surface area contributed by atoms with Gasteiger partial charge in [-0.1, -0.05) is 205 Å². The lowest BCUT2D eigenvalue weighted by Crippen LogP contribution is -2.72. The lowest BCUT2D eigenvalue weighted by molar-refractivity contribution is -0.467. The Morgan fingerprint density at radius 2 is 0.478 bits per heavy atom. The molecule has 0 radical (unpaired) electrons. The fourth-order valence-corrected chi connectivity index (χ4v) is 7.09. The molecule has 1 rings (SSSR count). The van der Waals surface area contributed by atoms with Crippen molar-refractivity contribution in [3.05, 3.63) is 0 Å². The Labute approximate surface area is 283 Å². The van der Waals surface area contributed by atoms with Crippen molar-refractivity contribution in [2.75, 3.05) is 0 Å². The van der Waals surface area contributed by atoms with Gasteiger partial charge in [-0.2, -0.15) is 0 Å². The third-order valence-corrected chi connectivity index (χ3v) is 10.5. The van der Waals surface area contributed by atoms with Gasteiger partial charge in [-0.25, -0.2) is 0 Å². The summed E-state index contributed by atoms with van der Waals surface area (Å²) in [4.78, 5) is 0. The first kappa shape index (κ1) is 43.7. The molecule has 0 saturated heterocycles. The molecule has 1 unspecified atom stereocenters. The highest BCUT2D eigenvalue weighted by Crippen LogP contribution is 2.35. The van der Waals surface area contributed by atoms with Crippen LogP contribution in [-0.4, -0.2) is 59.2 Å². The summed E-state index contributed by atoms with van der Waals surface area (Å²) in [6.45, 7) is 0. The van der Waals surface area contributed by atoms with Crippen LogP contribution in [0, 0.1) is 0 Å². The van der Waals surface area contributed by atoms with Crippen LogP contribution in [0.1, 0.15) is 225 Å². The average Bonchev–Trinajstić information content (AvgIpc) is 3.02. The van der Waals surface area contributed by atoms with Crippen LogP contribution in [0.5, 0.6) is 0 Å². The van der Waals surface area contributed by atoms with Crippen molar-refractivity contribution in [3.8, 4) is 0 Å². The number of aliphatic hydroxyl groups excluding tert-OH is 1. The summed E-state index contributed by atoms with van der Waals surface area (Å²) < 4.78 is 0. The largest absolute Gasteiger partial charge is 0.387 e. The summed E-state index contributed by atoms with van der Waals surface area (Å²) in [5.74, 6) is -10.3. The van der Waals surface area contributed by atoms with Crippen molar-refractivity contribution in [2.24, 2.45) is 0 Å². The van der Waals surface area contributed by atoms with Gasteiger partial charge in [0, 0.05) is 6.42 Å². The molecule has 0 spiro atoms. The second-order valence-electron chi connectivity index (χ2n) is 14.9. The standard InChI is InChI=1S/C39H78O7/c40-36-34-32-30-28-26-24-22-20-18-16-14-12-10-8-6-4-2-1-3-5-7-9-11-13-15-17-19-21-23-25-27-29-31-33-35-37(41,42)39(45,46)38(36,43)44/h36,40-46H,1-35H2. The summed E-state index contributed by atoms with van der Waals surface area (Å²) in [6.07, 6.45) is 37.2. The molecule has 1 aliphatic carbocycles. The van der Waals surface area contributed by atoms with E-state index in [9.17, 15) is 35.7 Å². The van der Waals surface area contributed by atoms with E-state index in [-0.39, 0.29) is 6.42 Å². The zero-order valence-corrected chi connectivity index (χ0v) is 30.0. The highest BCUT2D eigenvalue weighted by Gasteiger charge is 2.63. The number of aliphatic hydroxyl groups is 7. The molecule has 0 bridgehead atoms. The summed E-state index contributed by atoms with van der Waals surface area (Å²) >= 11 is 0. The third-order valence-electron chi connectivity index (χ3n) is 10.5. The predicted octanol–water partition coefficient (Wildman–Crippen LogP) is 9.06. The minimum atomic E-state index is -3.69. The molecule has 276 valence electrons. The van der Waals surface area contributed by atoms with Crippen LogP contribution in [0.4, 0.5) is 0 Å². The van der Waals surface area contributed by atoms with Gasteiger partial charge in [0.1, 0.15) is 6.10 Å². The van der Waals surface area contributed by atoms with Crippen LogP contribution in [0.25, 0.3) is 0 Å². The zero-order chi connectivity index (χ0) is 33.8. The lowest BCUT2D eigenvalue weighted by Gasteiger charge is -2.44. The topological polar surface area (TPSA) is 142 Å². The van der Waals surface area contributed by atoms with Crippen molar-refractivity contribution in [1.29, 1.82) is 0 Å². The summed E-state index contributed by atoms with van der Waals surface area (Å²) in [5.41, 5.74) is 0. The van der Waals surface area contributed by atoms with Gasteiger partial charge in [0.2, 0.25) is 5.79 Å². The molecule has 0 aliphatic heterocycles. The highest BCUT2D eigenvalue weighted by atomic mass is 16.7. The van der Waals surface area contributed by atoms with E-state index in [4.69, 9.17) is 0 Å². The van der Waals surface area contributed by atoms with Gasteiger partial charge >= 0.3 is 0 Å². The maximum Gasteiger partial charge on any atom is 0.276 e. The van der Waals surface area contributed by atoms with Crippen molar-refractivity contribution < 1.29 is 35.7 Å². The number of hydrogen-bond acceptors (Lipinski definition) is 7. The SMILES string of the molecule is OC1CCCCCCCCCCCCCCCCCCCCCCCCCCCCCCCCCCCC(O)(O)C(O)(O)C1(O)O. The molecule has 7 nitrogen and oxygen atoms in total. The molecule has 0 amide bonds. The molecule has 7 heteroatoms. The molecule has 1 atom stereocenters. The summed E-state index contributed by atoms with van der Waals surface area (Å²) in [6, 6.07) is 0. The van der Waals surface area contributed by atoms with Gasteiger partial charge in [-0.05, 0) is 12.8 Å². The minimum Gasteiger partial charge on any atom is -0.387 e. The summed E-state index contributed by atoms with van der Waals surface area (Å²) in [7, 11) is 0. The summed E-state index contributed by atoms with van der Waals surface area (Å²) in [5, 5.41) is 72.7. The maximum absolute atomic E-state index is 10.4. The van der Waals surface area contributed by atoms with Crippen LogP contribution in [0.3, 0.4) is 0 Å². The predicted molar refractivity (Wildman–Crippen MR) is 189 cm³/mol. The van der Waals surface area contributed by atoms with Crippen molar-refractivity contribution in [2.45, 2.75) is 248 Å². The van der Waals surface area contributed by atoms with E-state index in [1.165, 1.54) is 154 Å². The number of rotatable bonds is 0. The van der Waals surface area contributed by atoms with E-state index in [0.29, 0.717) is 19.3 Å². The average molecular weight is 659 g/mol. The highest BCUT2D eigenvalue weighted by molar-refractivity contribution is 4.97. The normalized spacial score (nSPS) is 27.3. The van der Waals surface area contributed by atoms with Crippen LogP contribution in [0.15, 0.2) is 0 Å². The Morgan fingerprint density at radius 3 is 0.717 bits per heavy atom. The Kier molecular flexibility index (Phi) is 26.2. The second kappa shape index (κ2) is 27.5. The van der Waals surface area contributed by atoms with Gasteiger partial charge in [-0.15, -0.1) is 0 Å². The lowest BCUT2D eigenvalue weighted by atomic mass is 9.86.